The van der Waals surface area contributed by atoms with E-state index < -0.39 is 0 Å². The number of nitrogens with zero attached hydrogens (tertiary/aromatic N) is 3. The molecule has 7 nitrogen and oxygen atoms in total. The standard InChI is InChI=1S/C21H23N5O2S/c1-3-26-18(13-19(27)22-16-10-5-4-6-11-16)24-25-21(26)29-14-20(28)23-17-12-8-7-9-15(17)2/h4-12H,3,13-14H2,1-2H3,(H,22,27)(H,23,28). The average molecular weight is 410 g/mol. The van der Waals surface area contributed by atoms with Crippen molar-refractivity contribution in [2.45, 2.75) is 32.0 Å². The van der Waals surface area contributed by atoms with Crippen LogP contribution >= 0.6 is 11.8 Å². The molecule has 29 heavy (non-hydrogen) atoms. The Morgan fingerprint density at radius 3 is 2.41 bits per heavy atom. The van der Waals surface area contributed by atoms with Gasteiger partial charge in [-0.2, -0.15) is 0 Å². The van der Waals surface area contributed by atoms with Crippen LogP contribution < -0.4 is 10.6 Å². The molecule has 0 radical (unpaired) electrons. The lowest BCUT2D eigenvalue weighted by Crippen LogP contribution is -2.18. The minimum Gasteiger partial charge on any atom is -0.326 e. The van der Waals surface area contributed by atoms with Crippen molar-refractivity contribution in [3.05, 3.63) is 66.0 Å². The number of aryl methyl sites for hydroxylation is 1. The summed E-state index contributed by atoms with van der Waals surface area (Å²) in [7, 11) is 0. The predicted octanol–water partition coefficient (Wildman–Crippen LogP) is 3.52. The number of anilines is 2. The van der Waals surface area contributed by atoms with Gasteiger partial charge >= 0.3 is 0 Å². The number of thioether (sulfide) groups is 1. The largest absolute Gasteiger partial charge is 0.326 e. The zero-order chi connectivity index (χ0) is 20.6. The van der Waals surface area contributed by atoms with Crippen molar-refractivity contribution >= 4 is 35.0 Å². The van der Waals surface area contributed by atoms with Gasteiger partial charge in [-0.15, -0.1) is 10.2 Å². The third-order valence-electron chi connectivity index (χ3n) is 4.24. The molecule has 0 saturated heterocycles. The molecule has 0 atom stereocenters. The van der Waals surface area contributed by atoms with Crippen LogP contribution in [0.1, 0.15) is 18.3 Å². The van der Waals surface area contributed by atoms with Crippen molar-refractivity contribution in [1.82, 2.24) is 14.8 Å². The molecule has 3 rings (SSSR count). The SMILES string of the molecule is CCn1c(CC(=O)Nc2ccccc2)nnc1SCC(=O)Nc1ccccc1C. The summed E-state index contributed by atoms with van der Waals surface area (Å²) in [5.74, 6) is 0.510. The van der Waals surface area contributed by atoms with Gasteiger partial charge in [0.2, 0.25) is 11.8 Å². The van der Waals surface area contributed by atoms with Crippen molar-refractivity contribution in [1.29, 1.82) is 0 Å². The summed E-state index contributed by atoms with van der Waals surface area (Å²) in [6, 6.07) is 16.9. The van der Waals surface area contributed by atoms with Gasteiger partial charge in [0.1, 0.15) is 5.82 Å². The van der Waals surface area contributed by atoms with E-state index in [-0.39, 0.29) is 24.0 Å². The van der Waals surface area contributed by atoms with Crippen LogP contribution in [0.3, 0.4) is 0 Å². The Bertz CT molecular complexity index is 988. The van der Waals surface area contributed by atoms with E-state index in [2.05, 4.69) is 20.8 Å². The maximum atomic E-state index is 12.3. The molecular weight excluding hydrogens is 386 g/mol. The maximum Gasteiger partial charge on any atom is 0.234 e. The summed E-state index contributed by atoms with van der Waals surface area (Å²) >= 11 is 1.30. The first-order valence-corrected chi connectivity index (χ1v) is 10.3. The molecule has 1 heterocycles. The first-order chi connectivity index (χ1) is 14.1. The van der Waals surface area contributed by atoms with Gasteiger partial charge in [0, 0.05) is 17.9 Å². The van der Waals surface area contributed by atoms with Gasteiger partial charge in [0.25, 0.3) is 0 Å². The molecular formula is C21H23N5O2S. The summed E-state index contributed by atoms with van der Waals surface area (Å²) in [6.07, 6.45) is 0.117. The van der Waals surface area contributed by atoms with E-state index in [4.69, 9.17) is 0 Å². The summed E-state index contributed by atoms with van der Waals surface area (Å²) in [5, 5.41) is 14.7. The van der Waals surface area contributed by atoms with Crippen LogP contribution in [0, 0.1) is 6.92 Å². The molecule has 8 heteroatoms. The Balaban J connectivity index is 1.58. The Labute approximate surface area is 173 Å². The van der Waals surface area contributed by atoms with Gasteiger partial charge in [-0.25, -0.2) is 0 Å². The lowest BCUT2D eigenvalue weighted by molar-refractivity contribution is -0.116. The number of hydrogen-bond donors (Lipinski definition) is 2. The number of amides is 2. The molecule has 0 saturated carbocycles. The number of benzene rings is 2. The van der Waals surface area contributed by atoms with Crippen molar-refractivity contribution in [2.24, 2.45) is 0 Å². The number of carbonyl (C=O) groups excluding carboxylic acids is 2. The molecule has 1 aromatic heterocycles. The molecule has 0 spiro atoms. The van der Waals surface area contributed by atoms with Crippen LogP contribution in [0.25, 0.3) is 0 Å². The van der Waals surface area contributed by atoms with E-state index in [0.29, 0.717) is 17.5 Å². The van der Waals surface area contributed by atoms with Crippen molar-refractivity contribution in [2.75, 3.05) is 16.4 Å². The lowest BCUT2D eigenvalue weighted by atomic mass is 10.2. The summed E-state index contributed by atoms with van der Waals surface area (Å²) < 4.78 is 1.86. The van der Waals surface area contributed by atoms with E-state index in [1.165, 1.54) is 11.8 Å². The van der Waals surface area contributed by atoms with E-state index in [1.807, 2.05) is 73.0 Å². The molecule has 0 unspecified atom stereocenters. The van der Waals surface area contributed by atoms with Crippen molar-refractivity contribution in [3.8, 4) is 0 Å². The Morgan fingerprint density at radius 2 is 1.69 bits per heavy atom. The molecule has 2 N–H and O–H groups in total. The quantitative estimate of drug-likeness (QED) is 0.556. The predicted molar refractivity (Wildman–Crippen MR) is 115 cm³/mol. The summed E-state index contributed by atoms with van der Waals surface area (Å²) in [4.78, 5) is 24.6. The van der Waals surface area contributed by atoms with Gasteiger partial charge in [0.05, 0.1) is 12.2 Å². The third kappa shape index (κ3) is 5.68. The average Bonchev–Trinajstić information content (AvgIpc) is 3.10. The molecule has 2 amide bonds. The second-order valence-electron chi connectivity index (χ2n) is 6.39. The van der Waals surface area contributed by atoms with Gasteiger partial charge in [-0.3, -0.25) is 9.59 Å². The highest BCUT2D eigenvalue weighted by atomic mass is 32.2. The third-order valence-corrected chi connectivity index (χ3v) is 5.20. The van der Waals surface area contributed by atoms with Crippen molar-refractivity contribution < 1.29 is 9.59 Å². The molecule has 0 aliphatic rings. The Morgan fingerprint density at radius 1 is 0.966 bits per heavy atom. The molecule has 0 fully saturated rings. The molecule has 2 aromatic carbocycles. The van der Waals surface area contributed by atoms with E-state index in [0.717, 1.165) is 16.9 Å². The lowest BCUT2D eigenvalue weighted by Gasteiger charge is -2.09. The van der Waals surface area contributed by atoms with Crippen LogP contribution in [-0.4, -0.2) is 32.3 Å². The number of rotatable bonds is 8. The Hall–Kier alpha value is -3.13. The zero-order valence-corrected chi connectivity index (χ0v) is 17.2. The highest BCUT2D eigenvalue weighted by Gasteiger charge is 2.16. The molecule has 3 aromatic rings. The van der Waals surface area contributed by atoms with Crippen molar-refractivity contribution in [3.63, 3.8) is 0 Å². The smallest absolute Gasteiger partial charge is 0.234 e. The second-order valence-corrected chi connectivity index (χ2v) is 7.33. The number of carbonyl (C=O) groups is 2. The van der Waals surface area contributed by atoms with Gasteiger partial charge in [-0.05, 0) is 37.6 Å². The molecule has 0 aliphatic heterocycles. The normalized spacial score (nSPS) is 10.6. The monoisotopic (exact) mass is 409 g/mol. The Kier molecular flexibility index (Phi) is 7.02. The fourth-order valence-corrected chi connectivity index (χ4v) is 3.60. The molecule has 150 valence electrons. The number of aromatic nitrogens is 3. The number of para-hydroxylation sites is 2. The fraction of sp³-hybridized carbons (Fsp3) is 0.238. The van der Waals surface area contributed by atoms with Crippen LogP contribution in [0.2, 0.25) is 0 Å². The van der Waals surface area contributed by atoms with Gasteiger partial charge in [0.15, 0.2) is 5.16 Å². The van der Waals surface area contributed by atoms with E-state index >= 15 is 0 Å². The molecule has 0 bridgehead atoms. The van der Waals surface area contributed by atoms with Crippen LogP contribution in [0.15, 0.2) is 59.8 Å². The summed E-state index contributed by atoms with van der Waals surface area (Å²) in [5.41, 5.74) is 2.55. The fourth-order valence-electron chi connectivity index (χ4n) is 2.77. The minimum absolute atomic E-state index is 0.113. The minimum atomic E-state index is -0.160. The van der Waals surface area contributed by atoms with Crippen LogP contribution in [-0.2, 0) is 22.6 Å². The first kappa shape index (κ1) is 20.6. The van der Waals surface area contributed by atoms with Gasteiger partial charge < -0.3 is 15.2 Å². The van der Waals surface area contributed by atoms with E-state index in [1.54, 1.807) is 0 Å². The summed E-state index contributed by atoms with van der Waals surface area (Å²) in [6.45, 7) is 4.52. The van der Waals surface area contributed by atoms with E-state index in [9.17, 15) is 9.59 Å². The number of nitrogens with one attached hydrogen (secondary N) is 2. The maximum absolute atomic E-state index is 12.3. The van der Waals surface area contributed by atoms with Gasteiger partial charge in [-0.1, -0.05) is 48.2 Å². The second kappa shape index (κ2) is 9.88. The molecule has 0 aliphatic carbocycles. The highest BCUT2D eigenvalue weighted by molar-refractivity contribution is 7.99. The highest BCUT2D eigenvalue weighted by Crippen LogP contribution is 2.19. The first-order valence-electron chi connectivity index (χ1n) is 9.32. The van der Waals surface area contributed by atoms with Crippen LogP contribution in [0.4, 0.5) is 11.4 Å². The topological polar surface area (TPSA) is 88.9 Å². The number of hydrogen-bond acceptors (Lipinski definition) is 5. The zero-order valence-electron chi connectivity index (χ0n) is 16.4. The van der Waals surface area contributed by atoms with Crippen LogP contribution in [0.5, 0.6) is 0 Å².